The average molecular weight is 334 g/mol. The number of carboxylic acid groups (broad SMARTS) is 1. The molecule has 0 aliphatic heterocycles. The minimum Gasteiger partial charge on any atom is -0.480 e. The second-order valence-corrected chi connectivity index (χ2v) is 5.27. The van der Waals surface area contributed by atoms with Crippen molar-refractivity contribution in [1.29, 1.82) is 0 Å². The molecule has 4 nitrogen and oxygen atoms in total. The first-order valence-corrected chi connectivity index (χ1v) is 6.18. The number of nitrogens with one attached hydrogen (secondary N) is 1. The lowest BCUT2D eigenvalue weighted by molar-refractivity contribution is -0.138. The molecule has 1 heterocycles. The van der Waals surface area contributed by atoms with Gasteiger partial charge in [0.25, 0.3) is 0 Å². The van der Waals surface area contributed by atoms with Crippen molar-refractivity contribution in [2.75, 3.05) is 5.32 Å². The molecule has 1 atom stereocenters. The highest BCUT2D eigenvalue weighted by Crippen LogP contribution is 2.12. The summed E-state index contributed by atoms with van der Waals surface area (Å²) in [5.41, 5.74) is 0. The third-order valence-electron chi connectivity index (χ3n) is 2.05. The Morgan fingerprint density at radius 1 is 1.56 bits per heavy atom. The number of carbonyl (C=O) groups is 1. The van der Waals surface area contributed by atoms with Crippen molar-refractivity contribution in [3.63, 3.8) is 0 Å². The number of pyridine rings is 1. The number of carboxylic acids is 1. The number of anilines is 1. The molecule has 16 heavy (non-hydrogen) atoms. The van der Waals surface area contributed by atoms with Crippen LogP contribution in [0.1, 0.15) is 20.3 Å². The Kier molecular flexibility index (Phi) is 4.98. The largest absolute Gasteiger partial charge is 0.480 e. The van der Waals surface area contributed by atoms with E-state index in [0.29, 0.717) is 18.2 Å². The molecule has 88 valence electrons. The maximum absolute atomic E-state index is 11.0. The van der Waals surface area contributed by atoms with E-state index in [4.69, 9.17) is 5.11 Å². The van der Waals surface area contributed by atoms with E-state index in [-0.39, 0.29) is 0 Å². The first kappa shape index (κ1) is 13.2. The fraction of sp³-hybridized carbons (Fsp3) is 0.455. The van der Waals surface area contributed by atoms with Gasteiger partial charge < -0.3 is 10.4 Å². The second kappa shape index (κ2) is 6.03. The Labute approximate surface area is 109 Å². The van der Waals surface area contributed by atoms with Gasteiger partial charge in [-0.3, -0.25) is 0 Å². The van der Waals surface area contributed by atoms with Crippen molar-refractivity contribution in [2.45, 2.75) is 26.3 Å². The van der Waals surface area contributed by atoms with E-state index >= 15 is 0 Å². The van der Waals surface area contributed by atoms with Crippen LogP contribution in [0.25, 0.3) is 0 Å². The van der Waals surface area contributed by atoms with Gasteiger partial charge in [0.2, 0.25) is 0 Å². The second-order valence-electron chi connectivity index (χ2n) is 4.03. The highest BCUT2D eigenvalue weighted by atomic mass is 127. The van der Waals surface area contributed by atoms with E-state index < -0.39 is 12.0 Å². The molecule has 0 aromatic carbocycles. The van der Waals surface area contributed by atoms with E-state index in [1.165, 1.54) is 0 Å². The topological polar surface area (TPSA) is 62.2 Å². The Hall–Kier alpha value is -0.850. The molecule has 0 spiro atoms. The molecule has 0 fully saturated rings. The summed E-state index contributed by atoms with van der Waals surface area (Å²) in [5.74, 6) is 0.0972. The molecular weight excluding hydrogens is 319 g/mol. The number of rotatable bonds is 5. The molecule has 1 rings (SSSR count). The minimum absolute atomic E-state index is 0.331. The molecule has 0 amide bonds. The molecule has 1 aromatic heterocycles. The van der Waals surface area contributed by atoms with Crippen molar-refractivity contribution in [2.24, 2.45) is 5.92 Å². The molecule has 0 aliphatic rings. The zero-order valence-corrected chi connectivity index (χ0v) is 11.4. The SMILES string of the molecule is CC(C)C[C@@H](Nc1ccc(I)cn1)C(=O)O. The quantitative estimate of drug-likeness (QED) is 0.813. The highest BCUT2D eigenvalue weighted by Gasteiger charge is 2.18. The molecule has 0 saturated carbocycles. The molecule has 0 saturated heterocycles. The van der Waals surface area contributed by atoms with Gasteiger partial charge in [0, 0.05) is 9.77 Å². The van der Waals surface area contributed by atoms with E-state index in [0.717, 1.165) is 3.57 Å². The van der Waals surface area contributed by atoms with Crippen LogP contribution in [0.2, 0.25) is 0 Å². The van der Waals surface area contributed by atoms with E-state index in [1.807, 2.05) is 19.9 Å². The predicted molar refractivity (Wildman–Crippen MR) is 71.5 cm³/mol. The molecular formula is C11H15IN2O2. The first-order valence-electron chi connectivity index (χ1n) is 5.10. The van der Waals surface area contributed by atoms with Gasteiger partial charge in [0.15, 0.2) is 0 Å². The summed E-state index contributed by atoms with van der Waals surface area (Å²) < 4.78 is 1.03. The van der Waals surface area contributed by atoms with Crippen LogP contribution in [0.15, 0.2) is 18.3 Å². The van der Waals surface area contributed by atoms with Crippen molar-refractivity contribution < 1.29 is 9.90 Å². The maximum atomic E-state index is 11.0. The number of aliphatic carboxylic acids is 1. The number of aromatic nitrogens is 1. The normalized spacial score (nSPS) is 12.5. The van der Waals surface area contributed by atoms with Gasteiger partial charge in [-0.25, -0.2) is 9.78 Å². The van der Waals surface area contributed by atoms with Gasteiger partial charge in [0.05, 0.1) is 0 Å². The minimum atomic E-state index is -0.839. The lowest BCUT2D eigenvalue weighted by atomic mass is 10.0. The Morgan fingerprint density at radius 2 is 2.25 bits per heavy atom. The van der Waals surface area contributed by atoms with Crippen molar-refractivity contribution in [3.05, 3.63) is 21.9 Å². The molecule has 2 N–H and O–H groups in total. The summed E-state index contributed by atoms with van der Waals surface area (Å²) in [7, 11) is 0. The van der Waals surface area contributed by atoms with Crippen LogP contribution in [-0.2, 0) is 4.79 Å². The van der Waals surface area contributed by atoms with Crippen LogP contribution in [0, 0.1) is 9.49 Å². The predicted octanol–water partition coefficient (Wildman–Crippen LogP) is 2.60. The third-order valence-corrected chi connectivity index (χ3v) is 2.69. The molecule has 5 heteroatoms. The van der Waals surface area contributed by atoms with Crippen molar-refractivity contribution >= 4 is 34.4 Å². The number of hydrogen-bond donors (Lipinski definition) is 2. The summed E-state index contributed by atoms with van der Waals surface area (Å²) in [6, 6.07) is 3.11. The smallest absolute Gasteiger partial charge is 0.326 e. The van der Waals surface area contributed by atoms with Crippen LogP contribution < -0.4 is 5.32 Å². The zero-order valence-electron chi connectivity index (χ0n) is 9.27. The zero-order chi connectivity index (χ0) is 12.1. The van der Waals surface area contributed by atoms with Gasteiger partial charge in [0.1, 0.15) is 11.9 Å². The fourth-order valence-corrected chi connectivity index (χ4v) is 1.65. The van der Waals surface area contributed by atoms with Gasteiger partial charge in [-0.2, -0.15) is 0 Å². The molecule has 1 aromatic rings. The number of nitrogens with zero attached hydrogens (tertiary/aromatic N) is 1. The van der Waals surface area contributed by atoms with Gasteiger partial charge >= 0.3 is 5.97 Å². The Balaban J connectivity index is 2.68. The first-order chi connectivity index (χ1) is 7.49. The van der Waals surface area contributed by atoms with Gasteiger partial charge in [-0.05, 0) is 47.1 Å². The van der Waals surface area contributed by atoms with E-state index in [1.54, 1.807) is 12.3 Å². The van der Waals surface area contributed by atoms with E-state index in [9.17, 15) is 4.79 Å². The summed E-state index contributed by atoms with van der Waals surface area (Å²) in [6.45, 7) is 4.00. The summed E-state index contributed by atoms with van der Waals surface area (Å²) in [4.78, 5) is 15.1. The molecule has 0 bridgehead atoms. The summed E-state index contributed by atoms with van der Waals surface area (Å²) >= 11 is 2.16. The lowest BCUT2D eigenvalue weighted by Gasteiger charge is -2.16. The Bertz CT molecular complexity index is 352. The maximum Gasteiger partial charge on any atom is 0.326 e. The van der Waals surface area contributed by atoms with Crippen LogP contribution in [0.4, 0.5) is 5.82 Å². The van der Waals surface area contributed by atoms with Crippen LogP contribution >= 0.6 is 22.6 Å². The van der Waals surface area contributed by atoms with E-state index in [2.05, 4.69) is 32.9 Å². The van der Waals surface area contributed by atoms with Crippen molar-refractivity contribution in [3.8, 4) is 0 Å². The third kappa shape index (κ3) is 4.34. The summed E-state index contributed by atoms with van der Waals surface area (Å²) in [6.07, 6.45) is 2.29. The molecule has 0 radical (unpaired) electrons. The molecule has 0 aliphatic carbocycles. The van der Waals surface area contributed by atoms with Crippen molar-refractivity contribution in [1.82, 2.24) is 4.98 Å². The van der Waals surface area contributed by atoms with Crippen LogP contribution in [0.3, 0.4) is 0 Å². The number of hydrogen-bond acceptors (Lipinski definition) is 3. The van der Waals surface area contributed by atoms with Crippen LogP contribution in [-0.4, -0.2) is 22.1 Å². The van der Waals surface area contributed by atoms with Gasteiger partial charge in [-0.15, -0.1) is 0 Å². The fourth-order valence-electron chi connectivity index (χ4n) is 1.33. The lowest BCUT2D eigenvalue weighted by Crippen LogP contribution is -2.31. The Morgan fingerprint density at radius 3 is 2.69 bits per heavy atom. The van der Waals surface area contributed by atoms with Crippen LogP contribution in [0.5, 0.6) is 0 Å². The molecule has 0 unspecified atom stereocenters. The summed E-state index contributed by atoms with van der Waals surface area (Å²) in [5, 5.41) is 12.0. The standard InChI is InChI=1S/C11H15IN2O2/c1-7(2)5-9(11(15)16)14-10-4-3-8(12)6-13-10/h3-4,6-7,9H,5H2,1-2H3,(H,13,14)(H,15,16)/t9-/m1/s1. The van der Waals surface area contributed by atoms with Gasteiger partial charge in [-0.1, -0.05) is 13.8 Å². The monoisotopic (exact) mass is 334 g/mol. The number of halogens is 1. The highest BCUT2D eigenvalue weighted by molar-refractivity contribution is 14.1. The average Bonchev–Trinajstić information content (AvgIpc) is 2.19.